The first-order valence-electron chi connectivity index (χ1n) is 6.55. The van der Waals surface area contributed by atoms with Crippen molar-refractivity contribution >= 4 is 0 Å². The van der Waals surface area contributed by atoms with Crippen LogP contribution in [-0.2, 0) is 0 Å². The number of likely N-dealkylation sites (tertiary alicyclic amines) is 1. The summed E-state index contributed by atoms with van der Waals surface area (Å²) in [5, 5.41) is 0. The molecule has 0 radical (unpaired) electrons. The molecule has 90 valence electrons. The Bertz CT molecular complexity index is 315. The topological polar surface area (TPSA) is 8.17 Å². The molecule has 1 saturated heterocycles. The second kappa shape index (κ2) is 5.05. The lowest BCUT2D eigenvalue weighted by Gasteiger charge is -2.30. The number of piperidine rings is 1. The third-order valence-electron chi connectivity index (χ3n) is 3.74. The van der Waals surface area contributed by atoms with Crippen molar-refractivity contribution in [2.24, 2.45) is 0 Å². The Hall–Kier alpha value is -0.760. The molecular formula is C14H24N2. The Morgan fingerprint density at radius 3 is 2.19 bits per heavy atom. The van der Waals surface area contributed by atoms with Crippen molar-refractivity contribution in [3.8, 4) is 0 Å². The Morgan fingerprint density at radius 1 is 1.06 bits per heavy atom. The Balaban J connectivity index is 1.99. The van der Waals surface area contributed by atoms with Crippen LogP contribution in [0.2, 0.25) is 0 Å². The van der Waals surface area contributed by atoms with Crippen LogP contribution in [0.4, 0.5) is 0 Å². The van der Waals surface area contributed by atoms with Gasteiger partial charge in [0.15, 0.2) is 0 Å². The van der Waals surface area contributed by atoms with Gasteiger partial charge in [0, 0.05) is 24.0 Å². The molecule has 0 N–H and O–H groups in total. The highest BCUT2D eigenvalue weighted by Gasteiger charge is 2.15. The van der Waals surface area contributed by atoms with Crippen LogP contribution in [0.5, 0.6) is 0 Å². The zero-order valence-electron chi connectivity index (χ0n) is 10.9. The molecule has 1 fully saturated rings. The standard InChI is InChI=1S/C14H24N2/c1-12-7-8-13(2)16(12)14(3)11-15-9-5-4-6-10-15/h7-8,14H,4-6,9-11H2,1-3H3. The van der Waals surface area contributed by atoms with E-state index in [0.717, 1.165) is 0 Å². The predicted molar refractivity (Wildman–Crippen MR) is 68.9 cm³/mol. The molecule has 1 aliphatic heterocycles. The van der Waals surface area contributed by atoms with Gasteiger partial charge in [0.2, 0.25) is 0 Å². The third-order valence-corrected chi connectivity index (χ3v) is 3.74. The summed E-state index contributed by atoms with van der Waals surface area (Å²) >= 11 is 0. The molecule has 0 amide bonds. The number of hydrogen-bond donors (Lipinski definition) is 0. The molecule has 0 aliphatic carbocycles. The monoisotopic (exact) mass is 220 g/mol. The Labute approximate surface area is 99.3 Å². The SMILES string of the molecule is Cc1ccc(C)n1C(C)CN1CCCCC1. The van der Waals surface area contributed by atoms with Crippen molar-refractivity contribution in [2.45, 2.75) is 46.1 Å². The highest BCUT2D eigenvalue weighted by Crippen LogP contribution is 2.18. The summed E-state index contributed by atoms with van der Waals surface area (Å²) in [6.07, 6.45) is 4.19. The number of aryl methyl sites for hydroxylation is 2. The molecule has 1 aromatic heterocycles. The maximum absolute atomic E-state index is 2.62. The van der Waals surface area contributed by atoms with Gasteiger partial charge in [-0.15, -0.1) is 0 Å². The van der Waals surface area contributed by atoms with Gasteiger partial charge in [-0.05, 0) is 58.8 Å². The second-order valence-electron chi connectivity index (χ2n) is 5.20. The normalized spacial score (nSPS) is 19.9. The van der Waals surface area contributed by atoms with Crippen LogP contribution in [0, 0.1) is 13.8 Å². The second-order valence-corrected chi connectivity index (χ2v) is 5.20. The zero-order chi connectivity index (χ0) is 11.5. The zero-order valence-corrected chi connectivity index (χ0v) is 10.9. The predicted octanol–water partition coefficient (Wildman–Crippen LogP) is 3.15. The van der Waals surface area contributed by atoms with Gasteiger partial charge in [-0.1, -0.05) is 6.42 Å². The van der Waals surface area contributed by atoms with Crippen LogP contribution in [0.15, 0.2) is 12.1 Å². The maximum atomic E-state index is 2.62. The lowest BCUT2D eigenvalue weighted by molar-refractivity contribution is 0.200. The molecule has 2 heteroatoms. The summed E-state index contributed by atoms with van der Waals surface area (Å²) in [5.41, 5.74) is 2.78. The van der Waals surface area contributed by atoms with E-state index in [-0.39, 0.29) is 0 Å². The molecule has 1 aliphatic rings. The van der Waals surface area contributed by atoms with Crippen molar-refractivity contribution in [3.05, 3.63) is 23.5 Å². The fraction of sp³-hybridized carbons (Fsp3) is 0.714. The molecule has 0 spiro atoms. The average molecular weight is 220 g/mol. The highest BCUT2D eigenvalue weighted by atomic mass is 15.2. The van der Waals surface area contributed by atoms with Crippen molar-refractivity contribution in [2.75, 3.05) is 19.6 Å². The van der Waals surface area contributed by atoms with E-state index >= 15 is 0 Å². The number of rotatable bonds is 3. The molecule has 16 heavy (non-hydrogen) atoms. The van der Waals surface area contributed by atoms with Gasteiger partial charge in [0.05, 0.1) is 0 Å². The Morgan fingerprint density at radius 2 is 1.62 bits per heavy atom. The van der Waals surface area contributed by atoms with Crippen LogP contribution in [0.1, 0.15) is 43.6 Å². The molecular weight excluding hydrogens is 196 g/mol. The fourth-order valence-corrected chi connectivity index (χ4v) is 2.97. The van der Waals surface area contributed by atoms with Crippen molar-refractivity contribution in [1.29, 1.82) is 0 Å². The van der Waals surface area contributed by atoms with Gasteiger partial charge in [-0.3, -0.25) is 0 Å². The van der Waals surface area contributed by atoms with Crippen LogP contribution in [0.3, 0.4) is 0 Å². The third kappa shape index (κ3) is 2.49. The van der Waals surface area contributed by atoms with Crippen LogP contribution in [0.25, 0.3) is 0 Å². The average Bonchev–Trinajstić information content (AvgIpc) is 2.60. The summed E-state index contributed by atoms with van der Waals surface area (Å²) in [5.74, 6) is 0. The minimum absolute atomic E-state index is 0.605. The van der Waals surface area contributed by atoms with E-state index in [0.29, 0.717) is 6.04 Å². The summed E-state index contributed by atoms with van der Waals surface area (Å²) < 4.78 is 2.47. The van der Waals surface area contributed by atoms with Gasteiger partial charge in [0.1, 0.15) is 0 Å². The van der Waals surface area contributed by atoms with E-state index in [1.807, 2.05) is 0 Å². The maximum Gasteiger partial charge on any atom is 0.0434 e. The van der Waals surface area contributed by atoms with E-state index in [2.05, 4.69) is 42.4 Å². The summed E-state index contributed by atoms with van der Waals surface area (Å²) in [4.78, 5) is 2.62. The molecule has 1 atom stereocenters. The minimum Gasteiger partial charge on any atom is -0.345 e. The molecule has 2 heterocycles. The van der Waals surface area contributed by atoms with Gasteiger partial charge >= 0.3 is 0 Å². The quantitative estimate of drug-likeness (QED) is 0.759. The van der Waals surface area contributed by atoms with E-state index in [9.17, 15) is 0 Å². The summed E-state index contributed by atoms with van der Waals surface area (Å²) in [6.45, 7) is 10.6. The smallest absolute Gasteiger partial charge is 0.0434 e. The number of nitrogens with zero attached hydrogens (tertiary/aromatic N) is 2. The highest BCUT2D eigenvalue weighted by molar-refractivity contribution is 5.14. The van der Waals surface area contributed by atoms with Crippen LogP contribution < -0.4 is 0 Å². The largest absolute Gasteiger partial charge is 0.345 e. The van der Waals surface area contributed by atoms with Gasteiger partial charge in [-0.2, -0.15) is 0 Å². The molecule has 1 aromatic rings. The molecule has 0 aromatic carbocycles. The fourth-order valence-electron chi connectivity index (χ4n) is 2.97. The van der Waals surface area contributed by atoms with Gasteiger partial charge in [0.25, 0.3) is 0 Å². The van der Waals surface area contributed by atoms with Crippen molar-refractivity contribution in [3.63, 3.8) is 0 Å². The molecule has 0 saturated carbocycles. The Kier molecular flexibility index (Phi) is 3.70. The first kappa shape index (κ1) is 11.7. The van der Waals surface area contributed by atoms with Gasteiger partial charge < -0.3 is 9.47 Å². The van der Waals surface area contributed by atoms with E-state index in [1.54, 1.807) is 0 Å². The lowest BCUT2D eigenvalue weighted by atomic mass is 10.1. The number of hydrogen-bond acceptors (Lipinski definition) is 1. The van der Waals surface area contributed by atoms with E-state index in [1.165, 1.54) is 50.3 Å². The van der Waals surface area contributed by atoms with Crippen molar-refractivity contribution < 1.29 is 0 Å². The first-order chi connectivity index (χ1) is 7.68. The number of aromatic nitrogens is 1. The minimum atomic E-state index is 0.605. The van der Waals surface area contributed by atoms with Crippen LogP contribution >= 0.6 is 0 Å². The molecule has 1 unspecified atom stereocenters. The van der Waals surface area contributed by atoms with Crippen molar-refractivity contribution in [1.82, 2.24) is 9.47 Å². The van der Waals surface area contributed by atoms with Gasteiger partial charge in [-0.25, -0.2) is 0 Å². The van der Waals surface area contributed by atoms with E-state index < -0.39 is 0 Å². The molecule has 2 rings (SSSR count). The lowest BCUT2D eigenvalue weighted by Crippen LogP contribution is -2.34. The summed E-state index contributed by atoms with van der Waals surface area (Å²) in [6, 6.07) is 5.05. The van der Waals surface area contributed by atoms with Crippen LogP contribution in [-0.4, -0.2) is 29.1 Å². The summed E-state index contributed by atoms with van der Waals surface area (Å²) in [7, 11) is 0. The van der Waals surface area contributed by atoms with E-state index in [4.69, 9.17) is 0 Å². The molecule has 2 nitrogen and oxygen atoms in total. The molecule has 0 bridgehead atoms. The first-order valence-corrected chi connectivity index (χ1v) is 6.55.